The molecule has 2 aliphatic rings. The Kier molecular flexibility index (Phi) is 6.02. The first-order valence-electron chi connectivity index (χ1n) is 9.32. The van der Waals surface area contributed by atoms with E-state index in [4.69, 9.17) is 5.11 Å². The highest BCUT2D eigenvalue weighted by molar-refractivity contribution is 5.94. The number of carbonyl (C=O) groups is 2. The summed E-state index contributed by atoms with van der Waals surface area (Å²) in [5.74, 6) is -0.975. The summed E-state index contributed by atoms with van der Waals surface area (Å²) >= 11 is 0. The van der Waals surface area contributed by atoms with E-state index >= 15 is 0 Å². The van der Waals surface area contributed by atoms with Gasteiger partial charge in [-0.25, -0.2) is 9.18 Å². The van der Waals surface area contributed by atoms with Gasteiger partial charge in [-0.2, -0.15) is 13.2 Å². The van der Waals surface area contributed by atoms with Crippen LogP contribution in [-0.4, -0.2) is 72.0 Å². The summed E-state index contributed by atoms with van der Waals surface area (Å²) in [7, 11) is 0. The quantitative estimate of drug-likeness (QED) is 0.767. The first kappa shape index (κ1) is 21.4. The molecule has 0 unspecified atom stereocenters. The Hall–Kier alpha value is -2.36. The molecule has 2 heterocycles. The molecule has 1 atom stereocenters. The highest BCUT2D eigenvalue weighted by atomic mass is 19.4. The molecule has 0 saturated carbocycles. The third-order valence-corrected chi connectivity index (χ3v) is 5.69. The second kappa shape index (κ2) is 8.17. The summed E-state index contributed by atoms with van der Waals surface area (Å²) in [5.41, 5.74) is -0.245. The third-order valence-electron chi connectivity index (χ3n) is 5.69. The lowest BCUT2D eigenvalue weighted by molar-refractivity contribution is -0.215. The summed E-state index contributed by atoms with van der Waals surface area (Å²) in [6, 6.07) is 5.75. The average Bonchev–Trinajstić information content (AvgIpc) is 3.09. The van der Waals surface area contributed by atoms with Crippen molar-refractivity contribution >= 4 is 12.0 Å². The lowest BCUT2D eigenvalue weighted by Crippen LogP contribution is -2.47. The van der Waals surface area contributed by atoms with Gasteiger partial charge in [-0.05, 0) is 36.8 Å². The van der Waals surface area contributed by atoms with Gasteiger partial charge >= 0.3 is 12.3 Å². The fourth-order valence-corrected chi connectivity index (χ4v) is 3.89. The van der Waals surface area contributed by atoms with Crippen molar-refractivity contribution in [2.24, 2.45) is 5.41 Å². The Balaban J connectivity index is 1.56. The number of ether oxygens (including phenoxy) is 1. The Morgan fingerprint density at radius 3 is 2.24 bits per heavy atom. The van der Waals surface area contributed by atoms with Crippen LogP contribution in [0.4, 0.5) is 22.4 Å². The van der Waals surface area contributed by atoms with E-state index in [0.29, 0.717) is 32.4 Å². The first-order chi connectivity index (χ1) is 13.6. The first-order valence-corrected chi connectivity index (χ1v) is 9.32. The minimum absolute atomic E-state index is 0.00718. The molecule has 1 N–H and O–H groups in total. The molecular weight excluding hydrogens is 396 g/mol. The zero-order valence-corrected chi connectivity index (χ0v) is 15.6. The molecule has 6 nitrogen and oxygen atoms in total. The van der Waals surface area contributed by atoms with Gasteiger partial charge in [-0.3, -0.25) is 4.79 Å². The normalized spacial score (nSPS) is 20.0. The summed E-state index contributed by atoms with van der Waals surface area (Å²) in [4.78, 5) is 27.3. The van der Waals surface area contributed by atoms with Crippen molar-refractivity contribution in [2.45, 2.75) is 31.5 Å². The van der Waals surface area contributed by atoms with Crippen molar-refractivity contribution < 1.29 is 37.0 Å². The van der Waals surface area contributed by atoms with E-state index < -0.39 is 36.7 Å². The molecular formula is C19H22F4N2O4. The van der Waals surface area contributed by atoms with Crippen molar-refractivity contribution in [3.05, 3.63) is 35.6 Å². The maximum absolute atomic E-state index is 13.9. The molecule has 1 spiro atoms. The van der Waals surface area contributed by atoms with Crippen LogP contribution >= 0.6 is 0 Å². The van der Waals surface area contributed by atoms with E-state index in [-0.39, 0.29) is 24.1 Å². The van der Waals surface area contributed by atoms with Gasteiger partial charge in [0.15, 0.2) is 0 Å². The monoisotopic (exact) mass is 418 g/mol. The van der Waals surface area contributed by atoms with Gasteiger partial charge in [0.05, 0.1) is 12.2 Å². The molecule has 0 bridgehead atoms. The number of alkyl halides is 3. The van der Waals surface area contributed by atoms with Gasteiger partial charge < -0.3 is 19.6 Å². The number of carbonyl (C=O) groups excluding carboxylic acids is 2. The fraction of sp³-hybridized carbons (Fsp3) is 0.579. The van der Waals surface area contributed by atoms with Crippen LogP contribution in [0.25, 0.3) is 0 Å². The van der Waals surface area contributed by atoms with Crippen LogP contribution in [0, 0.1) is 11.2 Å². The van der Waals surface area contributed by atoms with Gasteiger partial charge in [0.1, 0.15) is 5.82 Å². The van der Waals surface area contributed by atoms with Crippen LogP contribution in [0.1, 0.15) is 29.6 Å². The Labute approximate surface area is 165 Å². The van der Waals surface area contributed by atoms with E-state index in [0.717, 1.165) is 0 Å². The molecule has 160 valence electrons. The van der Waals surface area contributed by atoms with E-state index in [1.54, 1.807) is 11.0 Å². The smallest absolute Gasteiger partial charge is 0.427 e. The van der Waals surface area contributed by atoms with Crippen LogP contribution in [0.3, 0.4) is 0 Å². The third kappa shape index (κ3) is 4.63. The Morgan fingerprint density at radius 1 is 1.10 bits per heavy atom. The molecule has 2 aliphatic heterocycles. The van der Waals surface area contributed by atoms with Gasteiger partial charge in [0.2, 0.25) is 6.10 Å². The minimum atomic E-state index is -4.83. The van der Waals surface area contributed by atoms with Crippen LogP contribution in [0.5, 0.6) is 0 Å². The van der Waals surface area contributed by atoms with Crippen LogP contribution in [-0.2, 0) is 4.74 Å². The highest BCUT2D eigenvalue weighted by Crippen LogP contribution is 2.41. The molecule has 1 aromatic rings. The second-order valence-corrected chi connectivity index (χ2v) is 7.54. The van der Waals surface area contributed by atoms with Crippen molar-refractivity contribution in [2.75, 3.05) is 32.8 Å². The number of piperidine rings is 1. The van der Waals surface area contributed by atoms with Crippen molar-refractivity contribution in [1.82, 2.24) is 9.80 Å². The standard InChI is InChI=1S/C19H22F4N2O4/c20-14-4-2-1-3-13(14)16(27)25-10-7-18(12-25)5-8-24(9-6-18)17(28)29-15(11-26)19(21,22)23/h1-4,15,26H,5-12H2/t15-/m1/s1. The maximum Gasteiger partial charge on any atom is 0.427 e. The lowest BCUT2D eigenvalue weighted by atomic mass is 9.78. The zero-order chi connectivity index (χ0) is 21.2. The minimum Gasteiger partial charge on any atom is -0.434 e. The Morgan fingerprint density at radius 2 is 1.69 bits per heavy atom. The number of amides is 2. The average molecular weight is 418 g/mol. The number of benzene rings is 1. The number of rotatable bonds is 3. The van der Waals surface area contributed by atoms with E-state index in [1.165, 1.54) is 23.1 Å². The molecule has 10 heteroatoms. The molecule has 0 aliphatic carbocycles. The van der Waals surface area contributed by atoms with Crippen molar-refractivity contribution in [1.29, 1.82) is 0 Å². The lowest BCUT2D eigenvalue weighted by Gasteiger charge is -2.39. The molecule has 1 aromatic carbocycles. The number of likely N-dealkylation sites (tertiary alicyclic amines) is 2. The fourth-order valence-electron chi connectivity index (χ4n) is 3.89. The number of hydrogen-bond donors (Lipinski definition) is 1. The zero-order valence-electron chi connectivity index (χ0n) is 15.6. The number of nitrogens with zero attached hydrogens (tertiary/aromatic N) is 2. The number of aliphatic hydroxyl groups excluding tert-OH is 1. The van der Waals surface area contributed by atoms with Crippen LogP contribution in [0.2, 0.25) is 0 Å². The predicted octanol–water partition coefficient (Wildman–Crippen LogP) is 2.81. The predicted molar refractivity (Wildman–Crippen MR) is 93.6 cm³/mol. The molecule has 0 aromatic heterocycles. The molecule has 2 saturated heterocycles. The summed E-state index contributed by atoms with van der Waals surface area (Å²) in [5, 5.41) is 8.79. The summed E-state index contributed by atoms with van der Waals surface area (Å²) in [6.07, 6.45) is -6.82. The maximum atomic E-state index is 13.9. The van der Waals surface area contributed by atoms with Crippen molar-refractivity contribution in [3.8, 4) is 0 Å². The van der Waals surface area contributed by atoms with Gasteiger partial charge in [0, 0.05) is 26.2 Å². The molecule has 2 amide bonds. The molecule has 29 heavy (non-hydrogen) atoms. The van der Waals surface area contributed by atoms with E-state index in [1.807, 2.05) is 0 Å². The Bertz CT molecular complexity index is 763. The van der Waals surface area contributed by atoms with Gasteiger partial charge in [-0.1, -0.05) is 12.1 Å². The van der Waals surface area contributed by atoms with Crippen molar-refractivity contribution in [3.63, 3.8) is 0 Å². The SMILES string of the molecule is O=C(O[C@H](CO)C(F)(F)F)N1CCC2(CC1)CCN(C(=O)c1ccccc1F)C2. The number of aliphatic hydroxyl groups is 1. The number of halogens is 4. The summed E-state index contributed by atoms with van der Waals surface area (Å²) < 4.78 is 56.2. The molecule has 2 fully saturated rings. The van der Waals surface area contributed by atoms with Crippen LogP contribution in [0.15, 0.2) is 24.3 Å². The largest absolute Gasteiger partial charge is 0.434 e. The highest BCUT2D eigenvalue weighted by Gasteiger charge is 2.46. The van der Waals surface area contributed by atoms with E-state index in [9.17, 15) is 27.2 Å². The van der Waals surface area contributed by atoms with Crippen LogP contribution < -0.4 is 0 Å². The molecule has 0 radical (unpaired) electrons. The molecule has 3 rings (SSSR count). The number of hydrogen-bond acceptors (Lipinski definition) is 4. The topological polar surface area (TPSA) is 70.1 Å². The van der Waals surface area contributed by atoms with E-state index in [2.05, 4.69) is 4.74 Å². The summed E-state index contributed by atoms with van der Waals surface area (Å²) in [6.45, 7) is -0.0869. The second-order valence-electron chi connectivity index (χ2n) is 7.54. The van der Waals surface area contributed by atoms with Gasteiger partial charge in [-0.15, -0.1) is 0 Å². The van der Waals surface area contributed by atoms with Gasteiger partial charge in [0.25, 0.3) is 5.91 Å².